The maximum absolute atomic E-state index is 10.8. The minimum absolute atomic E-state index is 0.0922. The highest BCUT2D eigenvalue weighted by molar-refractivity contribution is 5.71. The van der Waals surface area contributed by atoms with Crippen LogP contribution in [0.1, 0.15) is 5.56 Å². The normalized spacial score (nSPS) is 10.6. The van der Waals surface area contributed by atoms with E-state index in [4.69, 9.17) is 9.84 Å². The van der Waals surface area contributed by atoms with Gasteiger partial charge in [0.15, 0.2) is 5.65 Å². The molecule has 3 rings (SSSR count). The van der Waals surface area contributed by atoms with Gasteiger partial charge in [-0.25, -0.2) is 4.52 Å². The van der Waals surface area contributed by atoms with Crippen LogP contribution >= 0.6 is 0 Å². The van der Waals surface area contributed by atoms with Crippen molar-refractivity contribution in [3.63, 3.8) is 0 Å². The molecule has 6 heteroatoms. The zero-order valence-electron chi connectivity index (χ0n) is 10.4. The maximum atomic E-state index is 10.8. The molecule has 100 valence electrons. The molecule has 20 heavy (non-hydrogen) atoms. The molecular weight excluding hydrogens is 258 g/mol. The molecule has 0 bridgehead atoms. The third-order valence-corrected chi connectivity index (χ3v) is 2.76. The number of carboxylic acid groups (broad SMARTS) is 1. The monoisotopic (exact) mass is 269 g/mol. The summed E-state index contributed by atoms with van der Waals surface area (Å²) in [6.45, 7) is 0. The largest absolute Gasteiger partial charge is 0.481 e. The zero-order chi connectivity index (χ0) is 13.9. The van der Waals surface area contributed by atoms with Gasteiger partial charge in [0.2, 0.25) is 5.88 Å². The summed E-state index contributed by atoms with van der Waals surface area (Å²) in [5.74, 6) is -0.0117. The summed E-state index contributed by atoms with van der Waals surface area (Å²) in [4.78, 5) is 15.1. The van der Waals surface area contributed by atoms with Gasteiger partial charge in [0, 0.05) is 23.9 Å². The second-order valence-electron chi connectivity index (χ2n) is 4.18. The van der Waals surface area contributed by atoms with E-state index >= 15 is 0 Å². The van der Waals surface area contributed by atoms with E-state index in [2.05, 4.69) is 10.1 Å². The molecule has 0 aliphatic rings. The second-order valence-corrected chi connectivity index (χ2v) is 4.18. The standard InChI is InChI=1S/C14H11N3O3/c18-14(19)9-10-3-1-2-4-11(10)20-13-6-8-17-12(16-13)5-7-15-17/h1-8H,9H2,(H,18,19). The first-order valence-corrected chi connectivity index (χ1v) is 6.00. The number of aliphatic carboxylic acids is 1. The Morgan fingerprint density at radius 2 is 2.10 bits per heavy atom. The number of benzene rings is 1. The highest BCUT2D eigenvalue weighted by Crippen LogP contribution is 2.24. The fourth-order valence-electron chi connectivity index (χ4n) is 1.88. The lowest BCUT2D eigenvalue weighted by molar-refractivity contribution is -0.136. The number of ether oxygens (including phenoxy) is 1. The van der Waals surface area contributed by atoms with Gasteiger partial charge in [-0.15, -0.1) is 0 Å². The van der Waals surface area contributed by atoms with Crippen molar-refractivity contribution in [1.82, 2.24) is 14.6 Å². The number of hydrogen-bond acceptors (Lipinski definition) is 4. The molecule has 0 atom stereocenters. The molecule has 1 aromatic carbocycles. The molecule has 2 heterocycles. The molecule has 2 aromatic heterocycles. The van der Waals surface area contributed by atoms with Gasteiger partial charge >= 0.3 is 5.97 Å². The van der Waals surface area contributed by atoms with Crippen molar-refractivity contribution in [2.24, 2.45) is 0 Å². The number of fused-ring (bicyclic) bond motifs is 1. The van der Waals surface area contributed by atoms with Crippen molar-refractivity contribution in [1.29, 1.82) is 0 Å². The average molecular weight is 269 g/mol. The highest BCUT2D eigenvalue weighted by atomic mass is 16.5. The first-order chi connectivity index (χ1) is 9.72. The Hall–Kier alpha value is -2.89. The molecular formula is C14H11N3O3. The lowest BCUT2D eigenvalue weighted by Gasteiger charge is -2.09. The van der Waals surface area contributed by atoms with Gasteiger partial charge in [-0.1, -0.05) is 18.2 Å². The van der Waals surface area contributed by atoms with Crippen molar-refractivity contribution >= 4 is 11.6 Å². The summed E-state index contributed by atoms with van der Waals surface area (Å²) in [5, 5.41) is 12.9. The topological polar surface area (TPSA) is 76.7 Å². The van der Waals surface area contributed by atoms with Gasteiger partial charge in [0.25, 0.3) is 0 Å². The van der Waals surface area contributed by atoms with Crippen LogP contribution in [0.25, 0.3) is 5.65 Å². The van der Waals surface area contributed by atoms with Crippen molar-refractivity contribution in [2.75, 3.05) is 0 Å². The van der Waals surface area contributed by atoms with Crippen LogP contribution in [0.5, 0.6) is 11.6 Å². The van der Waals surface area contributed by atoms with Crippen molar-refractivity contribution in [3.05, 3.63) is 54.4 Å². The quantitative estimate of drug-likeness (QED) is 0.785. The Kier molecular flexibility index (Phi) is 3.04. The van der Waals surface area contributed by atoms with Crippen LogP contribution in [0.3, 0.4) is 0 Å². The Labute approximate surface area is 114 Å². The van der Waals surface area contributed by atoms with Gasteiger partial charge in [-0.2, -0.15) is 10.1 Å². The van der Waals surface area contributed by atoms with Crippen LogP contribution < -0.4 is 4.74 Å². The lowest BCUT2D eigenvalue weighted by Crippen LogP contribution is -2.02. The van der Waals surface area contributed by atoms with E-state index in [-0.39, 0.29) is 6.42 Å². The summed E-state index contributed by atoms with van der Waals surface area (Å²) >= 11 is 0. The molecule has 0 aliphatic heterocycles. The molecule has 1 N–H and O–H groups in total. The Bertz CT molecular complexity index is 767. The van der Waals surface area contributed by atoms with Crippen molar-refractivity contribution in [3.8, 4) is 11.6 Å². The van der Waals surface area contributed by atoms with Gasteiger partial charge < -0.3 is 9.84 Å². The van der Waals surface area contributed by atoms with Crippen LogP contribution in [0.2, 0.25) is 0 Å². The smallest absolute Gasteiger partial charge is 0.307 e. The molecule has 0 radical (unpaired) electrons. The summed E-state index contributed by atoms with van der Waals surface area (Å²) in [6, 6.07) is 10.5. The first-order valence-electron chi connectivity index (χ1n) is 6.00. The van der Waals surface area contributed by atoms with Gasteiger partial charge in [0.1, 0.15) is 5.75 Å². The molecule has 0 unspecified atom stereocenters. The third kappa shape index (κ3) is 2.44. The van der Waals surface area contributed by atoms with Crippen LogP contribution in [0, 0.1) is 0 Å². The van der Waals surface area contributed by atoms with E-state index in [0.717, 1.165) is 0 Å². The van der Waals surface area contributed by atoms with E-state index in [0.29, 0.717) is 22.8 Å². The Morgan fingerprint density at radius 3 is 2.95 bits per heavy atom. The predicted molar refractivity (Wildman–Crippen MR) is 70.8 cm³/mol. The van der Waals surface area contributed by atoms with E-state index in [9.17, 15) is 4.79 Å². The van der Waals surface area contributed by atoms with E-state index in [1.54, 1.807) is 53.3 Å². The maximum Gasteiger partial charge on any atom is 0.307 e. The third-order valence-electron chi connectivity index (χ3n) is 2.76. The second kappa shape index (κ2) is 5.00. The van der Waals surface area contributed by atoms with Crippen molar-refractivity contribution < 1.29 is 14.6 Å². The number of rotatable bonds is 4. The van der Waals surface area contributed by atoms with Crippen LogP contribution in [0.15, 0.2) is 48.8 Å². The summed E-state index contributed by atoms with van der Waals surface area (Å²) in [7, 11) is 0. The SMILES string of the molecule is O=C(O)Cc1ccccc1Oc1ccn2nccc2n1. The molecule has 0 saturated carbocycles. The summed E-state index contributed by atoms with van der Waals surface area (Å²) in [5.41, 5.74) is 1.27. The van der Waals surface area contributed by atoms with Gasteiger partial charge in [0.05, 0.1) is 12.6 Å². The van der Waals surface area contributed by atoms with Crippen molar-refractivity contribution in [2.45, 2.75) is 6.42 Å². The van der Waals surface area contributed by atoms with Gasteiger partial charge in [-0.05, 0) is 6.07 Å². The van der Waals surface area contributed by atoms with E-state index in [1.807, 2.05) is 0 Å². The molecule has 0 saturated heterocycles. The predicted octanol–water partition coefficient (Wildman–Crippen LogP) is 2.15. The Balaban J connectivity index is 1.91. The number of nitrogens with zero attached hydrogens (tertiary/aromatic N) is 3. The summed E-state index contributed by atoms with van der Waals surface area (Å²) < 4.78 is 7.29. The molecule has 0 fully saturated rings. The fourth-order valence-corrected chi connectivity index (χ4v) is 1.88. The Morgan fingerprint density at radius 1 is 1.25 bits per heavy atom. The van der Waals surface area contributed by atoms with Gasteiger partial charge in [-0.3, -0.25) is 4.79 Å². The lowest BCUT2D eigenvalue weighted by atomic mass is 10.1. The average Bonchev–Trinajstić information content (AvgIpc) is 2.88. The van der Waals surface area contributed by atoms with Crippen LogP contribution in [0.4, 0.5) is 0 Å². The molecule has 0 aliphatic carbocycles. The highest BCUT2D eigenvalue weighted by Gasteiger charge is 2.09. The molecule has 0 amide bonds. The fraction of sp³-hybridized carbons (Fsp3) is 0.0714. The molecule has 6 nitrogen and oxygen atoms in total. The number of para-hydroxylation sites is 1. The van der Waals surface area contributed by atoms with E-state index in [1.165, 1.54) is 0 Å². The van der Waals surface area contributed by atoms with Crippen LogP contribution in [-0.4, -0.2) is 25.7 Å². The van der Waals surface area contributed by atoms with E-state index < -0.39 is 5.97 Å². The zero-order valence-corrected chi connectivity index (χ0v) is 10.4. The van der Waals surface area contributed by atoms with Crippen LogP contribution in [-0.2, 0) is 11.2 Å². The minimum Gasteiger partial charge on any atom is -0.481 e. The number of carbonyl (C=O) groups is 1. The molecule has 3 aromatic rings. The summed E-state index contributed by atoms with van der Waals surface area (Å²) in [6.07, 6.45) is 3.28. The minimum atomic E-state index is -0.903. The number of aromatic nitrogens is 3. The number of carboxylic acids is 1. The molecule has 0 spiro atoms. The first kappa shape index (κ1) is 12.2. The number of hydrogen-bond donors (Lipinski definition) is 1.